The molecule has 3 unspecified atom stereocenters. The van der Waals surface area contributed by atoms with Crippen molar-refractivity contribution in [1.29, 1.82) is 0 Å². The normalized spacial score (nSPS) is 29.1. The van der Waals surface area contributed by atoms with Gasteiger partial charge in [-0.05, 0) is 55.2 Å². The van der Waals surface area contributed by atoms with Crippen LogP contribution in [0.5, 0.6) is 0 Å². The van der Waals surface area contributed by atoms with Crippen molar-refractivity contribution in [3.8, 4) is 0 Å². The van der Waals surface area contributed by atoms with Gasteiger partial charge in [0.2, 0.25) is 0 Å². The quantitative estimate of drug-likeness (QED) is 0.896. The van der Waals surface area contributed by atoms with Crippen molar-refractivity contribution in [1.82, 2.24) is 5.32 Å². The molecule has 1 N–H and O–H groups in total. The van der Waals surface area contributed by atoms with Gasteiger partial charge in [-0.25, -0.2) is 4.39 Å². The van der Waals surface area contributed by atoms with E-state index in [-0.39, 0.29) is 5.82 Å². The van der Waals surface area contributed by atoms with Crippen molar-refractivity contribution in [2.75, 3.05) is 12.4 Å². The first-order valence-electron chi connectivity index (χ1n) is 8.06. The summed E-state index contributed by atoms with van der Waals surface area (Å²) in [5, 5.41) is 3.77. The Labute approximate surface area is 130 Å². The van der Waals surface area contributed by atoms with Crippen LogP contribution in [0, 0.1) is 5.82 Å². The molecule has 0 saturated carbocycles. The number of nitrogens with one attached hydrogen (secondary N) is 1. The Balaban J connectivity index is 1.67. The van der Waals surface area contributed by atoms with Crippen molar-refractivity contribution in [3.05, 3.63) is 29.6 Å². The van der Waals surface area contributed by atoms with Gasteiger partial charge in [0.1, 0.15) is 5.82 Å². The standard InChI is InChI=1S/C17H24FNOS/c1-2-3-14-11-13(6-8-20-14)19-16-7-9-21-17-5-4-12(18)10-15(16)17/h4-5,10,13-14,16,19H,2-3,6-9,11H2,1H3. The predicted octanol–water partition coefficient (Wildman–Crippen LogP) is 4.30. The predicted molar refractivity (Wildman–Crippen MR) is 85.3 cm³/mol. The molecule has 0 aromatic heterocycles. The molecule has 0 spiro atoms. The largest absolute Gasteiger partial charge is 0.378 e. The second-order valence-electron chi connectivity index (χ2n) is 6.04. The van der Waals surface area contributed by atoms with Crippen LogP contribution in [-0.2, 0) is 4.74 Å². The van der Waals surface area contributed by atoms with E-state index >= 15 is 0 Å². The summed E-state index contributed by atoms with van der Waals surface area (Å²) in [5.74, 6) is 0.983. The molecular weight excluding hydrogens is 285 g/mol. The zero-order valence-corrected chi connectivity index (χ0v) is 13.4. The number of halogens is 1. The summed E-state index contributed by atoms with van der Waals surface area (Å²) in [6, 6.07) is 6.00. The monoisotopic (exact) mass is 309 g/mol. The van der Waals surface area contributed by atoms with Crippen LogP contribution in [0.3, 0.4) is 0 Å². The minimum atomic E-state index is -0.126. The molecule has 21 heavy (non-hydrogen) atoms. The molecule has 116 valence electrons. The van der Waals surface area contributed by atoms with E-state index in [1.165, 1.54) is 11.3 Å². The molecule has 1 aromatic rings. The van der Waals surface area contributed by atoms with E-state index in [4.69, 9.17) is 4.74 Å². The van der Waals surface area contributed by atoms with E-state index < -0.39 is 0 Å². The molecule has 0 bridgehead atoms. The van der Waals surface area contributed by atoms with Gasteiger partial charge in [0.25, 0.3) is 0 Å². The molecule has 0 amide bonds. The van der Waals surface area contributed by atoms with Crippen LogP contribution in [0.4, 0.5) is 4.39 Å². The lowest BCUT2D eigenvalue weighted by molar-refractivity contribution is -0.00522. The smallest absolute Gasteiger partial charge is 0.123 e. The maximum Gasteiger partial charge on any atom is 0.123 e. The van der Waals surface area contributed by atoms with Gasteiger partial charge in [-0.3, -0.25) is 0 Å². The molecule has 1 saturated heterocycles. The summed E-state index contributed by atoms with van der Waals surface area (Å²) in [7, 11) is 0. The number of hydrogen-bond acceptors (Lipinski definition) is 3. The lowest BCUT2D eigenvalue weighted by atomic mass is 9.96. The molecule has 4 heteroatoms. The average Bonchev–Trinajstić information content (AvgIpc) is 2.49. The summed E-state index contributed by atoms with van der Waals surface area (Å²) in [6.07, 6.45) is 5.94. The maximum atomic E-state index is 13.6. The van der Waals surface area contributed by atoms with Crippen LogP contribution in [-0.4, -0.2) is 24.5 Å². The highest BCUT2D eigenvalue weighted by atomic mass is 32.2. The second-order valence-corrected chi connectivity index (χ2v) is 7.18. The summed E-state index contributed by atoms with van der Waals surface area (Å²) in [6.45, 7) is 3.05. The third-order valence-corrected chi connectivity index (χ3v) is 5.55. The Bertz CT molecular complexity index is 480. The topological polar surface area (TPSA) is 21.3 Å². The Kier molecular flexibility index (Phi) is 5.19. The fourth-order valence-corrected chi connectivity index (χ4v) is 4.48. The lowest BCUT2D eigenvalue weighted by Gasteiger charge is -2.35. The van der Waals surface area contributed by atoms with E-state index in [1.807, 2.05) is 17.8 Å². The molecule has 0 radical (unpaired) electrons. The van der Waals surface area contributed by atoms with Gasteiger partial charge < -0.3 is 10.1 Å². The number of hydrogen-bond donors (Lipinski definition) is 1. The molecule has 1 aromatic carbocycles. The molecule has 2 heterocycles. The van der Waals surface area contributed by atoms with E-state index in [0.29, 0.717) is 18.2 Å². The highest BCUT2D eigenvalue weighted by molar-refractivity contribution is 7.99. The zero-order chi connectivity index (χ0) is 14.7. The number of benzene rings is 1. The van der Waals surface area contributed by atoms with Crippen molar-refractivity contribution < 1.29 is 9.13 Å². The second kappa shape index (κ2) is 7.12. The van der Waals surface area contributed by atoms with Gasteiger partial charge in [0, 0.05) is 23.6 Å². The number of fused-ring (bicyclic) bond motifs is 1. The summed E-state index contributed by atoms with van der Waals surface area (Å²) >= 11 is 1.84. The summed E-state index contributed by atoms with van der Waals surface area (Å²) in [5.41, 5.74) is 1.14. The summed E-state index contributed by atoms with van der Waals surface area (Å²) in [4.78, 5) is 1.23. The van der Waals surface area contributed by atoms with Crippen LogP contribution in [0.2, 0.25) is 0 Å². The van der Waals surface area contributed by atoms with Crippen LogP contribution in [0.15, 0.2) is 23.1 Å². The Morgan fingerprint density at radius 3 is 3.14 bits per heavy atom. The Morgan fingerprint density at radius 2 is 2.29 bits per heavy atom. The molecule has 3 rings (SSSR count). The highest BCUT2D eigenvalue weighted by Crippen LogP contribution is 2.37. The fraction of sp³-hybridized carbons (Fsp3) is 0.647. The van der Waals surface area contributed by atoms with Crippen LogP contribution < -0.4 is 5.32 Å². The molecule has 2 nitrogen and oxygen atoms in total. The third kappa shape index (κ3) is 3.79. The van der Waals surface area contributed by atoms with Crippen LogP contribution in [0.25, 0.3) is 0 Å². The molecule has 0 aliphatic carbocycles. The first-order valence-corrected chi connectivity index (χ1v) is 9.04. The van der Waals surface area contributed by atoms with Gasteiger partial charge in [-0.1, -0.05) is 13.3 Å². The van der Waals surface area contributed by atoms with E-state index in [9.17, 15) is 4.39 Å². The van der Waals surface area contributed by atoms with Crippen molar-refractivity contribution in [3.63, 3.8) is 0 Å². The number of rotatable bonds is 4. The van der Waals surface area contributed by atoms with E-state index in [2.05, 4.69) is 12.2 Å². The minimum Gasteiger partial charge on any atom is -0.378 e. The van der Waals surface area contributed by atoms with Gasteiger partial charge in [0.05, 0.1) is 6.10 Å². The molecule has 2 aliphatic heterocycles. The van der Waals surface area contributed by atoms with Crippen molar-refractivity contribution in [2.45, 2.75) is 62.1 Å². The van der Waals surface area contributed by atoms with E-state index in [1.54, 1.807) is 12.1 Å². The molecule has 1 fully saturated rings. The lowest BCUT2D eigenvalue weighted by Crippen LogP contribution is -2.41. The Hall–Kier alpha value is -0.580. The maximum absolute atomic E-state index is 13.6. The average molecular weight is 309 g/mol. The summed E-state index contributed by atoms with van der Waals surface area (Å²) < 4.78 is 19.4. The van der Waals surface area contributed by atoms with Gasteiger partial charge in [0.15, 0.2) is 0 Å². The highest BCUT2D eigenvalue weighted by Gasteiger charge is 2.27. The van der Waals surface area contributed by atoms with Gasteiger partial charge in [-0.2, -0.15) is 0 Å². The number of thioether (sulfide) groups is 1. The first kappa shape index (κ1) is 15.3. The molecular formula is C17H24FNOS. The van der Waals surface area contributed by atoms with Gasteiger partial charge >= 0.3 is 0 Å². The Morgan fingerprint density at radius 1 is 1.38 bits per heavy atom. The number of ether oxygens (including phenoxy) is 1. The van der Waals surface area contributed by atoms with Crippen LogP contribution in [0.1, 0.15) is 50.6 Å². The van der Waals surface area contributed by atoms with Gasteiger partial charge in [-0.15, -0.1) is 11.8 Å². The van der Waals surface area contributed by atoms with Crippen molar-refractivity contribution in [2.24, 2.45) is 0 Å². The zero-order valence-electron chi connectivity index (χ0n) is 12.6. The minimum absolute atomic E-state index is 0.126. The van der Waals surface area contributed by atoms with Crippen LogP contribution >= 0.6 is 11.8 Å². The van der Waals surface area contributed by atoms with E-state index in [0.717, 1.165) is 43.6 Å². The molecule has 2 aliphatic rings. The first-order chi connectivity index (χ1) is 10.3. The third-order valence-electron chi connectivity index (χ3n) is 4.43. The SMILES string of the molecule is CCCC1CC(NC2CCSc3ccc(F)cc32)CCO1. The molecule has 3 atom stereocenters. The fourth-order valence-electron chi connectivity index (χ4n) is 3.38. The van der Waals surface area contributed by atoms with Crippen molar-refractivity contribution >= 4 is 11.8 Å².